The zero-order valence-corrected chi connectivity index (χ0v) is 17.8. The standard InChI is InChI=1S/C22H26F3N3O3/c1-14(2)19-20(15(3)12-18(27-19)28-8-10-30-11-9-28)31-21(29)26-13-16-4-6-17(7-5-16)22(23,24)25/h4-7,12,14H,8-11,13H2,1-3H3,(H,26,29). The first-order valence-electron chi connectivity index (χ1n) is 10.1. The van der Waals surface area contributed by atoms with Crippen molar-refractivity contribution in [1.29, 1.82) is 0 Å². The topological polar surface area (TPSA) is 63.7 Å². The van der Waals surface area contributed by atoms with Gasteiger partial charge in [-0.2, -0.15) is 13.2 Å². The van der Waals surface area contributed by atoms with Gasteiger partial charge in [-0.1, -0.05) is 26.0 Å². The number of rotatable bonds is 5. The summed E-state index contributed by atoms with van der Waals surface area (Å²) in [5, 5.41) is 2.58. The first kappa shape index (κ1) is 22.9. The van der Waals surface area contributed by atoms with Crippen LogP contribution in [0.2, 0.25) is 0 Å². The summed E-state index contributed by atoms with van der Waals surface area (Å²) in [5.41, 5.74) is 1.25. The second kappa shape index (κ2) is 9.55. The fraction of sp³-hybridized carbons (Fsp3) is 0.455. The highest BCUT2D eigenvalue weighted by atomic mass is 19.4. The number of anilines is 1. The van der Waals surface area contributed by atoms with Gasteiger partial charge in [-0.15, -0.1) is 0 Å². The minimum Gasteiger partial charge on any atom is -0.408 e. The van der Waals surface area contributed by atoms with Crippen LogP contribution in [0.4, 0.5) is 23.8 Å². The van der Waals surface area contributed by atoms with Gasteiger partial charge in [-0.3, -0.25) is 0 Å². The molecule has 0 atom stereocenters. The van der Waals surface area contributed by atoms with E-state index in [1.165, 1.54) is 12.1 Å². The summed E-state index contributed by atoms with van der Waals surface area (Å²) in [7, 11) is 0. The summed E-state index contributed by atoms with van der Waals surface area (Å²) in [5.74, 6) is 1.25. The fourth-order valence-corrected chi connectivity index (χ4v) is 3.26. The number of aryl methyl sites for hydroxylation is 1. The van der Waals surface area contributed by atoms with E-state index in [9.17, 15) is 18.0 Å². The number of carbonyl (C=O) groups excluding carboxylic acids is 1. The number of hydrogen-bond acceptors (Lipinski definition) is 5. The van der Waals surface area contributed by atoms with Crippen molar-refractivity contribution in [2.75, 3.05) is 31.2 Å². The lowest BCUT2D eigenvalue weighted by molar-refractivity contribution is -0.137. The quantitative estimate of drug-likeness (QED) is 0.737. The SMILES string of the molecule is Cc1cc(N2CCOCC2)nc(C(C)C)c1OC(=O)NCc1ccc(C(F)(F)F)cc1. The molecule has 1 N–H and O–H groups in total. The van der Waals surface area contributed by atoms with E-state index in [-0.39, 0.29) is 12.5 Å². The molecule has 9 heteroatoms. The number of ether oxygens (including phenoxy) is 2. The molecule has 6 nitrogen and oxygen atoms in total. The van der Waals surface area contributed by atoms with Gasteiger partial charge in [-0.05, 0) is 42.2 Å². The van der Waals surface area contributed by atoms with Gasteiger partial charge >= 0.3 is 12.3 Å². The van der Waals surface area contributed by atoms with Gasteiger partial charge < -0.3 is 19.7 Å². The van der Waals surface area contributed by atoms with E-state index in [1.807, 2.05) is 26.8 Å². The van der Waals surface area contributed by atoms with Crippen molar-refractivity contribution in [1.82, 2.24) is 10.3 Å². The van der Waals surface area contributed by atoms with Crippen LogP contribution in [0.15, 0.2) is 30.3 Å². The maximum absolute atomic E-state index is 12.7. The van der Waals surface area contributed by atoms with Crippen molar-refractivity contribution in [3.8, 4) is 5.75 Å². The van der Waals surface area contributed by atoms with E-state index in [1.54, 1.807) is 0 Å². The molecular weight excluding hydrogens is 411 g/mol. The first-order chi connectivity index (χ1) is 14.6. The van der Waals surface area contributed by atoms with Crippen LogP contribution in [0.1, 0.15) is 42.1 Å². The number of benzene rings is 1. The Morgan fingerprint density at radius 1 is 1.23 bits per heavy atom. The Morgan fingerprint density at radius 2 is 1.87 bits per heavy atom. The zero-order valence-electron chi connectivity index (χ0n) is 17.8. The van der Waals surface area contributed by atoms with Gasteiger partial charge in [0.15, 0.2) is 5.75 Å². The van der Waals surface area contributed by atoms with Crippen LogP contribution in [-0.2, 0) is 17.5 Å². The molecule has 1 saturated heterocycles. The van der Waals surface area contributed by atoms with Gasteiger partial charge in [0.05, 0.1) is 24.5 Å². The maximum Gasteiger partial charge on any atom is 0.416 e. The molecule has 0 unspecified atom stereocenters. The third-order valence-electron chi connectivity index (χ3n) is 4.97. The molecule has 3 rings (SSSR count). The summed E-state index contributed by atoms with van der Waals surface area (Å²) in [6.07, 6.45) is -5.08. The van der Waals surface area contributed by atoms with Gasteiger partial charge in [0.25, 0.3) is 0 Å². The molecule has 31 heavy (non-hydrogen) atoms. The first-order valence-corrected chi connectivity index (χ1v) is 10.1. The van der Waals surface area contributed by atoms with Gasteiger partial charge in [0.1, 0.15) is 5.82 Å². The number of pyridine rings is 1. The molecule has 1 aliphatic rings. The van der Waals surface area contributed by atoms with Crippen LogP contribution in [0.25, 0.3) is 0 Å². The molecule has 0 saturated carbocycles. The molecule has 1 amide bonds. The summed E-state index contributed by atoms with van der Waals surface area (Å²) in [6, 6.07) is 6.50. The Hall–Kier alpha value is -2.81. The Labute approximate surface area is 179 Å². The van der Waals surface area contributed by atoms with E-state index >= 15 is 0 Å². The molecule has 1 aromatic carbocycles. The largest absolute Gasteiger partial charge is 0.416 e. The highest BCUT2D eigenvalue weighted by Gasteiger charge is 2.30. The molecule has 0 radical (unpaired) electrons. The molecule has 168 valence electrons. The molecular formula is C22H26F3N3O3. The minimum atomic E-state index is -4.39. The van der Waals surface area contributed by atoms with Crippen LogP contribution < -0.4 is 15.0 Å². The predicted octanol–water partition coefficient (Wildman–Crippen LogP) is 4.66. The van der Waals surface area contributed by atoms with Crippen LogP contribution in [0.5, 0.6) is 5.75 Å². The highest BCUT2D eigenvalue weighted by molar-refractivity contribution is 5.71. The van der Waals surface area contributed by atoms with Gasteiger partial charge in [0.2, 0.25) is 0 Å². The lowest BCUT2D eigenvalue weighted by atomic mass is 10.1. The third-order valence-corrected chi connectivity index (χ3v) is 4.97. The fourth-order valence-electron chi connectivity index (χ4n) is 3.26. The monoisotopic (exact) mass is 437 g/mol. The molecule has 2 heterocycles. The van der Waals surface area contributed by atoms with Crippen molar-refractivity contribution >= 4 is 11.9 Å². The number of nitrogens with zero attached hydrogens (tertiary/aromatic N) is 2. The summed E-state index contributed by atoms with van der Waals surface area (Å²) in [6.45, 7) is 8.62. The number of alkyl halides is 3. The number of morpholine rings is 1. The van der Waals surface area contributed by atoms with E-state index in [0.717, 1.165) is 36.6 Å². The second-order valence-electron chi connectivity index (χ2n) is 7.70. The predicted molar refractivity (Wildman–Crippen MR) is 110 cm³/mol. The Bertz CT molecular complexity index is 909. The molecule has 0 aliphatic carbocycles. The van der Waals surface area contributed by atoms with E-state index in [2.05, 4.69) is 10.2 Å². The van der Waals surface area contributed by atoms with E-state index in [4.69, 9.17) is 14.5 Å². The van der Waals surface area contributed by atoms with Crippen LogP contribution in [-0.4, -0.2) is 37.4 Å². The molecule has 2 aromatic rings. The Balaban J connectivity index is 1.68. The van der Waals surface area contributed by atoms with Crippen LogP contribution >= 0.6 is 0 Å². The number of halogens is 3. The van der Waals surface area contributed by atoms with E-state index in [0.29, 0.717) is 30.2 Å². The molecule has 0 bridgehead atoms. The van der Waals surface area contributed by atoms with Crippen LogP contribution in [0.3, 0.4) is 0 Å². The number of amides is 1. The van der Waals surface area contributed by atoms with Gasteiger partial charge in [-0.25, -0.2) is 9.78 Å². The zero-order chi connectivity index (χ0) is 22.6. The van der Waals surface area contributed by atoms with Crippen molar-refractivity contribution < 1.29 is 27.4 Å². The second-order valence-corrected chi connectivity index (χ2v) is 7.70. The maximum atomic E-state index is 12.7. The average molecular weight is 437 g/mol. The number of nitrogens with one attached hydrogen (secondary N) is 1. The third kappa shape index (κ3) is 5.88. The van der Waals surface area contributed by atoms with Crippen molar-refractivity contribution in [2.24, 2.45) is 0 Å². The summed E-state index contributed by atoms with van der Waals surface area (Å²) in [4.78, 5) is 19.2. The lowest BCUT2D eigenvalue weighted by Crippen LogP contribution is -2.37. The normalized spacial score (nSPS) is 14.6. The number of aromatic nitrogens is 1. The molecule has 0 spiro atoms. The smallest absolute Gasteiger partial charge is 0.408 e. The van der Waals surface area contributed by atoms with Crippen LogP contribution in [0, 0.1) is 6.92 Å². The van der Waals surface area contributed by atoms with Crippen molar-refractivity contribution in [3.63, 3.8) is 0 Å². The Kier molecular flexibility index (Phi) is 7.04. The number of carbonyl (C=O) groups is 1. The van der Waals surface area contributed by atoms with Crippen molar-refractivity contribution in [3.05, 3.63) is 52.7 Å². The van der Waals surface area contributed by atoms with E-state index < -0.39 is 17.8 Å². The minimum absolute atomic E-state index is 0.0254. The van der Waals surface area contributed by atoms with Gasteiger partial charge in [0, 0.05) is 19.6 Å². The summed E-state index contributed by atoms with van der Waals surface area (Å²) < 4.78 is 48.9. The average Bonchev–Trinajstić information content (AvgIpc) is 2.73. The van der Waals surface area contributed by atoms with Crippen molar-refractivity contribution in [2.45, 2.75) is 39.4 Å². The Morgan fingerprint density at radius 3 is 2.45 bits per heavy atom. The molecule has 1 aliphatic heterocycles. The number of hydrogen-bond donors (Lipinski definition) is 1. The summed E-state index contributed by atoms with van der Waals surface area (Å²) >= 11 is 0. The molecule has 1 fully saturated rings. The molecule has 1 aromatic heterocycles. The lowest BCUT2D eigenvalue weighted by Gasteiger charge is -2.29. The highest BCUT2D eigenvalue weighted by Crippen LogP contribution is 2.32.